The van der Waals surface area contributed by atoms with Crippen LogP contribution in [0.5, 0.6) is 0 Å². The minimum atomic E-state index is -4.28. The summed E-state index contributed by atoms with van der Waals surface area (Å²) in [7, 11) is -4.28. The smallest absolute Gasteiger partial charge is 0.457 e. The number of allylic oxidation sites excluding steroid dienone is 6. The summed E-state index contributed by atoms with van der Waals surface area (Å²) in [5, 5.41) is 9.26. The summed E-state index contributed by atoms with van der Waals surface area (Å²) in [6.45, 7) is 1.19. The molecule has 2 atom stereocenters. The SMILES string of the molecule is CCCCCCCCC=CCC=CCC=CCCCC(=O)O[C@H](CO)COP(=O)(O)OCCN. The predicted octanol–water partition coefficient (Wildman–Crippen LogP) is 5.35. The number of hydrogen-bond acceptors (Lipinski definition) is 7. The molecule has 0 radical (unpaired) electrons. The van der Waals surface area contributed by atoms with Crippen molar-refractivity contribution in [3.05, 3.63) is 36.5 Å². The zero-order valence-electron chi connectivity index (χ0n) is 20.8. The van der Waals surface area contributed by atoms with Gasteiger partial charge >= 0.3 is 13.8 Å². The van der Waals surface area contributed by atoms with Crippen molar-refractivity contribution in [3.63, 3.8) is 0 Å². The second-order valence-corrected chi connectivity index (χ2v) is 9.47. The van der Waals surface area contributed by atoms with Gasteiger partial charge in [0.2, 0.25) is 0 Å². The molecule has 9 heteroatoms. The second-order valence-electron chi connectivity index (χ2n) is 8.01. The Morgan fingerprint density at radius 1 is 0.912 bits per heavy atom. The molecule has 0 bridgehead atoms. The first kappa shape index (κ1) is 32.7. The maximum atomic E-state index is 11.9. The van der Waals surface area contributed by atoms with Crippen molar-refractivity contribution in [3.8, 4) is 0 Å². The monoisotopic (exact) mass is 503 g/mol. The molecule has 0 spiro atoms. The molecule has 0 saturated heterocycles. The number of unbranched alkanes of at least 4 members (excludes halogenated alkanes) is 7. The fraction of sp³-hybridized carbons (Fsp3) is 0.720. The zero-order chi connectivity index (χ0) is 25.3. The lowest BCUT2D eigenvalue weighted by molar-refractivity contribution is -0.153. The number of carbonyl (C=O) groups is 1. The van der Waals surface area contributed by atoms with E-state index < -0.39 is 33.1 Å². The van der Waals surface area contributed by atoms with Gasteiger partial charge in [0.25, 0.3) is 0 Å². The molecule has 0 aliphatic rings. The molecule has 4 N–H and O–H groups in total. The quantitative estimate of drug-likeness (QED) is 0.0736. The van der Waals surface area contributed by atoms with E-state index in [1.54, 1.807) is 0 Å². The summed E-state index contributed by atoms with van der Waals surface area (Å²) in [5.74, 6) is -0.501. The van der Waals surface area contributed by atoms with Gasteiger partial charge in [-0.15, -0.1) is 0 Å². The number of ether oxygens (including phenoxy) is 1. The van der Waals surface area contributed by atoms with Gasteiger partial charge in [0.15, 0.2) is 0 Å². The predicted molar refractivity (Wildman–Crippen MR) is 136 cm³/mol. The molecular formula is C25H46NO7P. The standard InChI is InChI=1S/C25H46NO7P/c1-2-3-4-5-6-7-8-9-10-11-12-13-14-15-16-17-18-19-25(28)33-24(22-27)23-32-34(29,30)31-21-20-26/h9-10,12-13,15-16,24,27H,2-8,11,14,17-23,26H2,1H3,(H,29,30)/t24-/m1/s1. The number of aliphatic hydroxyl groups is 1. The molecule has 1 unspecified atom stereocenters. The Kier molecular flexibility index (Phi) is 22.6. The van der Waals surface area contributed by atoms with E-state index in [9.17, 15) is 19.4 Å². The molecule has 198 valence electrons. The first-order chi connectivity index (χ1) is 16.4. The molecule has 0 heterocycles. The minimum absolute atomic E-state index is 0.0633. The highest BCUT2D eigenvalue weighted by Gasteiger charge is 2.24. The summed E-state index contributed by atoms with van der Waals surface area (Å²) in [6.07, 6.45) is 24.3. The normalized spacial score (nSPS) is 14.8. The Morgan fingerprint density at radius 3 is 2.12 bits per heavy atom. The third-order valence-corrected chi connectivity index (χ3v) is 5.80. The Labute approximate surface area is 205 Å². The lowest BCUT2D eigenvalue weighted by Crippen LogP contribution is -2.27. The average molecular weight is 504 g/mol. The molecule has 0 fully saturated rings. The van der Waals surface area contributed by atoms with Crippen molar-refractivity contribution in [1.82, 2.24) is 0 Å². The zero-order valence-corrected chi connectivity index (χ0v) is 21.7. The second kappa shape index (κ2) is 23.5. The van der Waals surface area contributed by atoms with E-state index in [2.05, 4.69) is 41.8 Å². The highest BCUT2D eigenvalue weighted by molar-refractivity contribution is 7.47. The fourth-order valence-electron chi connectivity index (χ4n) is 2.94. The van der Waals surface area contributed by atoms with Crippen LogP contribution in [0.2, 0.25) is 0 Å². The third kappa shape index (κ3) is 22.5. The molecule has 0 amide bonds. The Balaban J connectivity index is 3.77. The molecule has 0 aromatic carbocycles. The van der Waals surface area contributed by atoms with Gasteiger partial charge in [0.1, 0.15) is 6.10 Å². The van der Waals surface area contributed by atoms with E-state index in [0.29, 0.717) is 6.42 Å². The van der Waals surface area contributed by atoms with Gasteiger partial charge in [-0.3, -0.25) is 13.8 Å². The average Bonchev–Trinajstić information content (AvgIpc) is 2.82. The highest BCUT2D eigenvalue weighted by atomic mass is 31.2. The molecule has 0 aliphatic carbocycles. The number of phosphoric ester groups is 1. The third-order valence-electron chi connectivity index (χ3n) is 4.82. The van der Waals surface area contributed by atoms with E-state index >= 15 is 0 Å². The minimum Gasteiger partial charge on any atom is -0.457 e. The number of hydrogen-bond donors (Lipinski definition) is 3. The summed E-state index contributed by atoms with van der Waals surface area (Å²) >= 11 is 0. The van der Waals surface area contributed by atoms with Crippen LogP contribution in [0.1, 0.15) is 84.0 Å². The molecule has 8 nitrogen and oxygen atoms in total. The molecule has 34 heavy (non-hydrogen) atoms. The van der Waals surface area contributed by atoms with E-state index in [1.807, 2.05) is 6.08 Å². The highest BCUT2D eigenvalue weighted by Crippen LogP contribution is 2.42. The Morgan fingerprint density at radius 2 is 1.50 bits per heavy atom. The van der Waals surface area contributed by atoms with Gasteiger partial charge in [-0.25, -0.2) is 4.57 Å². The van der Waals surface area contributed by atoms with Gasteiger partial charge in [-0.2, -0.15) is 0 Å². The maximum Gasteiger partial charge on any atom is 0.472 e. The van der Waals surface area contributed by atoms with E-state index in [0.717, 1.165) is 19.3 Å². The van der Waals surface area contributed by atoms with Gasteiger partial charge in [0, 0.05) is 13.0 Å². The van der Waals surface area contributed by atoms with Gasteiger partial charge < -0.3 is 20.5 Å². The van der Waals surface area contributed by atoms with Crippen LogP contribution < -0.4 is 5.73 Å². The summed E-state index contributed by atoms with van der Waals surface area (Å²) in [4.78, 5) is 21.3. The van der Waals surface area contributed by atoms with Gasteiger partial charge in [-0.1, -0.05) is 75.5 Å². The van der Waals surface area contributed by atoms with Crippen LogP contribution in [0, 0.1) is 0 Å². The van der Waals surface area contributed by atoms with Crippen molar-refractivity contribution in [2.45, 2.75) is 90.1 Å². The van der Waals surface area contributed by atoms with Crippen LogP contribution in [0.15, 0.2) is 36.5 Å². The number of phosphoric acid groups is 1. The molecule has 0 rings (SSSR count). The fourth-order valence-corrected chi connectivity index (χ4v) is 3.70. The lowest BCUT2D eigenvalue weighted by atomic mass is 10.1. The number of carbonyl (C=O) groups excluding carboxylic acids is 1. The maximum absolute atomic E-state index is 11.9. The van der Waals surface area contributed by atoms with Crippen LogP contribution in [-0.2, 0) is 23.1 Å². The first-order valence-electron chi connectivity index (χ1n) is 12.5. The van der Waals surface area contributed by atoms with Crippen LogP contribution in [0.4, 0.5) is 0 Å². The number of esters is 1. The van der Waals surface area contributed by atoms with Crippen LogP contribution in [-0.4, -0.2) is 48.4 Å². The number of nitrogens with two attached hydrogens (primary N) is 1. The summed E-state index contributed by atoms with van der Waals surface area (Å²) in [6, 6.07) is 0. The molecule has 0 aromatic rings. The van der Waals surface area contributed by atoms with Crippen LogP contribution in [0.3, 0.4) is 0 Å². The molecule has 0 saturated carbocycles. The van der Waals surface area contributed by atoms with Crippen molar-refractivity contribution >= 4 is 13.8 Å². The largest absolute Gasteiger partial charge is 0.472 e. The Hall–Kier alpha value is -1.28. The van der Waals surface area contributed by atoms with Crippen molar-refractivity contribution in [2.75, 3.05) is 26.4 Å². The van der Waals surface area contributed by atoms with Crippen LogP contribution >= 0.6 is 7.82 Å². The first-order valence-corrected chi connectivity index (χ1v) is 14.0. The van der Waals surface area contributed by atoms with Crippen molar-refractivity contribution in [2.24, 2.45) is 5.73 Å². The lowest BCUT2D eigenvalue weighted by Gasteiger charge is -2.17. The van der Waals surface area contributed by atoms with Gasteiger partial charge in [0.05, 0.1) is 19.8 Å². The van der Waals surface area contributed by atoms with Crippen LogP contribution in [0.25, 0.3) is 0 Å². The molecule has 0 aliphatic heterocycles. The number of aliphatic hydroxyl groups excluding tert-OH is 1. The Bertz CT molecular complexity index is 622. The summed E-state index contributed by atoms with van der Waals surface area (Å²) in [5.41, 5.74) is 5.19. The number of rotatable bonds is 23. The summed E-state index contributed by atoms with van der Waals surface area (Å²) < 4.78 is 25.9. The molecule has 0 aromatic heterocycles. The van der Waals surface area contributed by atoms with Crippen molar-refractivity contribution in [1.29, 1.82) is 0 Å². The van der Waals surface area contributed by atoms with Gasteiger partial charge in [-0.05, 0) is 38.5 Å². The topological polar surface area (TPSA) is 128 Å². The van der Waals surface area contributed by atoms with Crippen molar-refractivity contribution < 1.29 is 33.1 Å². The van der Waals surface area contributed by atoms with E-state index in [-0.39, 0.29) is 19.6 Å². The van der Waals surface area contributed by atoms with E-state index in [1.165, 1.54) is 44.9 Å². The van der Waals surface area contributed by atoms with E-state index in [4.69, 9.17) is 15.0 Å². The molecular weight excluding hydrogens is 457 g/mol.